The molecule has 7 nitrogen and oxygen atoms in total. The van der Waals surface area contributed by atoms with E-state index in [1.165, 1.54) is 29.5 Å². The van der Waals surface area contributed by atoms with Crippen molar-refractivity contribution in [1.29, 1.82) is 0 Å². The van der Waals surface area contributed by atoms with Crippen molar-refractivity contribution in [2.45, 2.75) is 6.54 Å². The summed E-state index contributed by atoms with van der Waals surface area (Å²) in [5.41, 5.74) is 6.11. The Labute approximate surface area is 127 Å². The van der Waals surface area contributed by atoms with E-state index < -0.39 is 4.92 Å². The quantitative estimate of drug-likeness (QED) is 0.587. The molecule has 0 saturated carbocycles. The highest BCUT2D eigenvalue weighted by Crippen LogP contribution is 2.38. The van der Waals surface area contributed by atoms with Crippen LogP contribution in [0.1, 0.15) is 5.69 Å². The Morgan fingerprint density at radius 2 is 2.33 bits per heavy atom. The number of hydrogen-bond donors (Lipinski definition) is 1. The minimum absolute atomic E-state index is 0.0374. The normalized spacial score (nSPS) is 11.0. The average molecular weight is 325 g/mol. The predicted molar refractivity (Wildman–Crippen MR) is 79.1 cm³/mol. The summed E-state index contributed by atoms with van der Waals surface area (Å²) in [6.45, 7) is 0.186. The molecule has 2 N–H and O–H groups in total. The third kappa shape index (κ3) is 2.33. The maximum absolute atomic E-state index is 11.1. The van der Waals surface area contributed by atoms with Crippen molar-refractivity contribution in [2.24, 2.45) is 5.73 Å². The van der Waals surface area contributed by atoms with Gasteiger partial charge in [0, 0.05) is 24.2 Å². The van der Waals surface area contributed by atoms with Gasteiger partial charge in [-0.25, -0.2) is 0 Å². The van der Waals surface area contributed by atoms with E-state index in [-0.39, 0.29) is 28.9 Å². The first-order valence-electron chi connectivity index (χ1n) is 5.87. The summed E-state index contributed by atoms with van der Waals surface area (Å²) in [5.74, 6) is 0.185. The van der Waals surface area contributed by atoms with Gasteiger partial charge < -0.3 is 10.5 Å². The molecular formula is C12H9ClN4O3S. The molecule has 21 heavy (non-hydrogen) atoms. The summed E-state index contributed by atoms with van der Waals surface area (Å²) in [6.07, 6.45) is 1.81. The van der Waals surface area contributed by atoms with Crippen LogP contribution >= 0.6 is 22.9 Å². The second-order valence-corrected chi connectivity index (χ2v) is 5.35. The van der Waals surface area contributed by atoms with Gasteiger partial charge >= 0.3 is 5.69 Å². The van der Waals surface area contributed by atoms with Gasteiger partial charge in [-0.05, 0) is 6.07 Å². The smallest absolute Gasteiger partial charge is 0.313 e. The van der Waals surface area contributed by atoms with Gasteiger partial charge in [-0.1, -0.05) is 17.7 Å². The highest BCUT2D eigenvalue weighted by Gasteiger charge is 2.22. The van der Waals surface area contributed by atoms with Crippen molar-refractivity contribution in [3.05, 3.63) is 50.6 Å². The number of rotatable bonds is 4. The van der Waals surface area contributed by atoms with Gasteiger partial charge in [-0.15, -0.1) is 11.3 Å². The molecular weight excluding hydrogens is 316 g/mol. The number of ether oxygens (including phenoxy) is 1. The van der Waals surface area contributed by atoms with Crippen molar-refractivity contribution in [2.75, 3.05) is 0 Å². The van der Waals surface area contributed by atoms with E-state index in [0.717, 1.165) is 0 Å². The molecule has 0 saturated heterocycles. The molecule has 0 atom stereocenters. The molecule has 0 aliphatic carbocycles. The minimum atomic E-state index is -0.554. The zero-order valence-electron chi connectivity index (χ0n) is 10.5. The molecule has 3 rings (SSSR count). The lowest BCUT2D eigenvalue weighted by Crippen LogP contribution is -2.02. The number of aromatic nitrogens is 2. The van der Waals surface area contributed by atoms with Gasteiger partial charge in [-0.2, -0.15) is 4.98 Å². The first kappa shape index (κ1) is 13.8. The predicted octanol–water partition coefficient (Wildman–Crippen LogP) is 3.21. The Morgan fingerprint density at radius 3 is 3.05 bits per heavy atom. The van der Waals surface area contributed by atoms with Crippen LogP contribution in [0.2, 0.25) is 5.02 Å². The number of nitrogens with zero attached hydrogens (tertiary/aromatic N) is 3. The van der Waals surface area contributed by atoms with Crippen LogP contribution in [0.5, 0.6) is 11.6 Å². The maximum atomic E-state index is 11.1. The topological polar surface area (TPSA) is 95.7 Å². The van der Waals surface area contributed by atoms with Crippen LogP contribution in [-0.4, -0.2) is 14.3 Å². The molecule has 9 heteroatoms. The lowest BCUT2D eigenvalue weighted by Gasteiger charge is -2.07. The van der Waals surface area contributed by atoms with Gasteiger partial charge in [0.05, 0.1) is 9.95 Å². The highest BCUT2D eigenvalue weighted by atomic mass is 35.5. The van der Waals surface area contributed by atoms with E-state index in [1.807, 2.05) is 11.6 Å². The van der Waals surface area contributed by atoms with Crippen LogP contribution < -0.4 is 10.5 Å². The average Bonchev–Trinajstić information content (AvgIpc) is 3.00. The molecule has 2 heterocycles. The highest BCUT2D eigenvalue weighted by molar-refractivity contribution is 7.15. The number of thiazole rings is 1. The Balaban J connectivity index is 2.10. The van der Waals surface area contributed by atoms with Crippen LogP contribution in [0.3, 0.4) is 0 Å². The van der Waals surface area contributed by atoms with Crippen molar-refractivity contribution in [1.82, 2.24) is 9.38 Å². The fourth-order valence-corrected chi connectivity index (χ4v) is 2.85. The third-order valence-corrected chi connectivity index (χ3v) is 3.91. The van der Waals surface area contributed by atoms with Crippen molar-refractivity contribution >= 4 is 33.6 Å². The summed E-state index contributed by atoms with van der Waals surface area (Å²) >= 11 is 7.41. The molecule has 0 aliphatic rings. The molecule has 0 fully saturated rings. The molecule has 3 aromatic rings. The number of fused-ring (bicyclic) bond motifs is 1. The number of benzene rings is 1. The van der Waals surface area contributed by atoms with Crippen molar-refractivity contribution in [3.63, 3.8) is 0 Å². The Kier molecular flexibility index (Phi) is 3.50. The van der Waals surface area contributed by atoms with Crippen LogP contribution in [0.15, 0.2) is 29.8 Å². The van der Waals surface area contributed by atoms with Crippen LogP contribution in [0, 0.1) is 10.1 Å². The Morgan fingerprint density at radius 1 is 1.52 bits per heavy atom. The van der Waals surface area contributed by atoms with Crippen LogP contribution in [-0.2, 0) is 6.54 Å². The molecule has 0 spiro atoms. The SMILES string of the molecule is NCc1c(Oc2c(Cl)cccc2[N+](=O)[O-])nc2sccn12. The molecule has 0 bridgehead atoms. The molecule has 2 aromatic heterocycles. The summed E-state index contributed by atoms with van der Waals surface area (Å²) < 4.78 is 7.37. The first-order chi connectivity index (χ1) is 10.1. The number of para-hydroxylation sites is 1. The van der Waals surface area contributed by atoms with Gasteiger partial charge in [0.1, 0.15) is 5.69 Å². The van der Waals surface area contributed by atoms with E-state index in [9.17, 15) is 10.1 Å². The van der Waals surface area contributed by atoms with Gasteiger partial charge in [0.2, 0.25) is 11.6 Å². The summed E-state index contributed by atoms with van der Waals surface area (Å²) in [4.78, 5) is 15.5. The second-order valence-electron chi connectivity index (χ2n) is 4.07. The van der Waals surface area contributed by atoms with E-state index in [2.05, 4.69) is 4.98 Å². The number of nitrogens with two attached hydrogens (primary N) is 1. The Hall–Kier alpha value is -2.16. The first-order valence-corrected chi connectivity index (χ1v) is 7.13. The number of nitro groups is 1. The minimum Gasteiger partial charge on any atom is -0.428 e. The van der Waals surface area contributed by atoms with Crippen molar-refractivity contribution < 1.29 is 9.66 Å². The summed E-state index contributed by atoms with van der Waals surface area (Å²) in [5, 5.41) is 13.1. The van der Waals surface area contributed by atoms with E-state index >= 15 is 0 Å². The zero-order chi connectivity index (χ0) is 15.0. The summed E-state index contributed by atoms with van der Waals surface area (Å²) in [6, 6.07) is 4.33. The largest absolute Gasteiger partial charge is 0.428 e. The summed E-state index contributed by atoms with van der Waals surface area (Å²) in [7, 11) is 0. The van der Waals surface area contributed by atoms with Crippen LogP contribution in [0.25, 0.3) is 4.96 Å². The fourth-order valence-electron chi connectivity index (χ4n) is 1.92. The third-order valence-electron chi connectivity index (χ3n) is 2.86. The second kappa shape index (κ2) is 5.32. The fraction of sp³-hybridized carbons (Fsp3) is 0.0833. The number of imidazole rings is 1. The number of nitro benzene ring substituents is 1. The number of hydrogen-bond acceptors (Lipinski definition) is 6. The van der Waals surface area contributed by atoms with Gasteiger partial charge in [-0.3, -0.25) is 14.5 Å². The lowest BCUT2D eigenvalue weighted by molar-refractivity contribution is -0.385. The van der Waals surface area contributed by atoms with Crippen molar-refractivity contribution in [3.8, 4) is 11.6 Å². The molecule has 0 aliphatic heterocycles. The molecule has 0 radical (unpaired) electrons. The molecule has 108 valence electrons. The zero-order valence-corrected chi connectivity index (χ0v) is 12.1. The molecule has 0 amide bonds. The van der Waals surface area contributed by atoms with E-state index in [4.69, 9.17) is 22.1 Å². The van der Waals surface area contributed by atoms with Gasteiger partial charge in [0.15, 0.2) is 4.96 Å². The standard InChI is InChI=1S/C12H9ClN4O3S/c13-7-2-1-3-8(17(18)19)10(7)20-11-9(6-14)16-4-5-21-12(16)15-11/h1-5H,6,14H2. The monoisotopic (exact) mass is 324 g/mol. The lowest BCUT2D eigenvalue weighted by atomic mass is 10.3. The van der Waals surface area contributed by atoms with Gasteiger partial charge in [0.25, 0.3) is 0 Å². The molecule has 1 aromatic carbocycles. The maximum Gasteiger partial charge on any atom is 0.313 e. The Bertz CT molecular complexity index is 829. The number of halogens is 1. The molecule has 0 unspecified atom stereocenters. The van der Waals surface area contributed by atoms with E-state index in [0.29, 0.717) is 10.7 Å². The van der Waals surface area contributed by atoms with Crippen LogP contribution in [0.4, 0.5) is 5.69 Å². The van der Waals surface area contributed by atoms with E-state index in [1.54, 1.807) is 4.40 Å².